The van der Waals surface area contributed by atoms with Gasteiger partial charge in [-0.15, -0.1) is 11.8 Å². The van der Waals surface area contributed by atoms with Gasteiger partial charge in [0.1, 0.15) is 16.9 Å². The van der Waals surface area contributed by atoms with Crippen molar-refractivity contribution in [3.63, 3.8) is 0 Å². The van der Waals surface area contributed by atoms with E-state index >= 15 is 0 Å². The van der Waals surface area contributed by atoms with Crippen molar-refractivity contribution in [1.82, 2.24) is 0 Å². The molecule has 0 aromatic heterocycles. The number of hydrogen-bond donors (Lipinski definition) is 0. The van der Waals surface area contributed by atoms with E-state index in [1.807, 2.05) is 0 Å². The molecule has 0 bridgehead atoms. The molecule has 1 fully saturated rings. The third-order valence-corrected chi connectivity index (χ3v) is 5.69. The van der Waals surface area contributed by atoms with Gasteiger partial charge in [0.15, 0.2) is 11.5 Å². The summed E-state index contributed by atoms with van der Waals surface area (Å²) in [6.07, 6.45) is 0. The van der Waals surface area contributed by atoms with E-state index in [2.05, 4.69) is 0 Å². The molecule has 10 heteroatoms. The number of nitro groups is 1. The number of rotatable bonds is 5. The molecule has 2 aliphatic rings. The SMILES string of the molecule is COc1ccc(N2C(=O)CSC2c2cc3c(cc2[N+](=O)[O-])OCO3)c(OC)c1. The van der Waals surface area contributed by atoms with Crippen LogP contribution in [0.25, 0.3) is 0 Å². The maximum atomic E-state index is 12.7. The number of thioether (sulfide) groups is 1. The predicted octanol–water partition coefficient (Wildman–Crippen LogP) is 3.12. The zero-order valence-corrected chi connectivity index (χ0v) is 15.9. The van der Waals surface area contributed by atoms with Gasteiger partial charge in [0.25, 0.3) is 5.69 Å². The quantitative estimate of drug-likeness (QED) is 0.554. The van der Waals surface area contributed by atoms with E-state index in [4.69, 9.17) is 18.9 Å². The lowest BCUT2D eigenvalue weighted by Crippen LogP contribution is -2.28. The minimum absolute atomic E-state index is 0.00268. The third-order valence-electron chi connectivity index (χ3n) is 4.50. The van der Waals surface area contributed by atoms with Crippen LogP contribution in [0.3, 0.4) is 0 Å². The Labute approximate surface area is 164 Å². The minimum Gasteiger partial charge on any atom is -0.497 e. The number of benzene rings is 2. The Bertz CT molecular complexity index is 965. The van der Waals surface area contributed by atoms with Gasteiger partial charge in [0.2, 0.25) is 12.7 Å². The highest BCUT2D eigenvalue weighted by Crippen LogP contribution is 2.50. The molecule has 1 unspecified atom stereocenters. The first kappa shape index (κ1) is 18.2. The Morgan fingerprint density at radius 1 is 1.18 bits per heavy atom. The largest absolute Gasteiger partial charge is 0.497 e. The molecule has 2 aliphatic heterocycles. The van der Waals surface area contributed by atoms with Crippen LogP contribution in [0.15, 0.2) is 30.3 Å². The van der Waals surface area contributed by atoms with Crippen LogP contribution in [0.1, 0.15) is 10.9 Å². The molecular weight excluding hydrogens is 388 g/mol. The number of anilines is 1. The fraction of sp³-hybridized carbons (Fsp3) is 0.278. The van der Waals surface area contributed by atoms with Gasteiger partial charge in [-0.05, 0) is 18.2 Å². The molecule has 146 valence electrons. The average Bonchev–Trinajstić information content (AvgIpc) is 3.32. The number of carbonyl (C=O) groups is 1. The number of nitrogens with zero attached hydrogens (tertiary/aromatic N) is 2. The minimum atomic E-state index is -0.607. The van der Waals surface area contributed by atoms with E-state index in [9.17, 15) is 14.9 Å². The van der Waals surface area contributed by atoms with E-state index in [1.54, 1.807) is 24.3 Å². The fourth-order valence-electron chi connectivity index (χ4n) is 3.20. The van der Waals surface area contributed by atoms with E-state index in [1.165, 1.54) is 36.9 Å². The van der Waals surface area contributed by atoms with Crippen molar-refractivity contribution in [3.8, 4) is 23.0 Å². The third kappa shape index (κ3) is 2.95. The second-order valence-corrected chi connectivity index (χ2v) is 7.05. The summed E-state index contributed by atoms with van der Waals surface area (Å²) in [6, 6.07) is 7.98. The van der Waals surface area contributed by atoms with Crippen LogP contribution < -0.4 is 23.8 Å². The van der Waals surface area contributed by atoms with Crippen molar-refractivity contribution < 1.29 is 28.7 Å². The van der Waals surface area contributed by atoms with Crippen LogP contribution in [0.2, 0.25) is 0 Å². The van der Waals surface area contributed by atoms with Crippen LogP contribution in [-0.2, 0) is 4.79 Å². The Morgan fingerprint density at radius 3 is 2.61 bits per heavy atom. The van der Waals surface area contributed by atoms with Gasteiger partial charge in [0.05, 0.1) is 42.2 Å². The molecular formula is C18H16N2O7S. The first-order chi connectivity index (χ1) is 13.5. The summed E-state index contributed by atoms with van der Waals surface area (Å²) in [5, 5.41) is 11.1. The maximum absolute atomic E-state index is 12.7. The smallest absolute Gasteiger partial charge is 0.279 e. The first-order valence-corrected chi connectivity index (χ1v) is 9.32. The number of carbonyl (C=O) groups excluding carboxylic acids is 1. The van der Waals surface area contributed by atoms with Crippen LogP contribution in [0, 0.1) is 10.1 Å². The van der Waals surface area contributed by atoms with Crippen molar-refractivity contribution in [2.75, 3.05) is 31.7 Å². The molecule has 0 N–H and O–H groups in total. The Hall–Kier alpha value is -3.14. The highest BCUT2D eigenvalue weighted by Gasteiger charge is 2.40. The summed E-state index contributed by atoms with van der Waals surface area (Å²) in [5.74, 6) is 1.76. The molecule has 1 atom stereocenters. The van der Waals surface area contributed by atoms with Crippen LogP contribution >= 0.6 is 11.8 Å². The molecule has 2 heterocycles. The van der Waals surface area contributed by atoms with Crippen molar-refractivity contribution in [1.29, 1.82) is 0 Å². The summed E-state index contributed by atoms with van der Waals surface area (Å²) in [7, 11) is 3.02. The fourth-order valence-corrected chi connectivity index (χ4v) is 4.39. The molecule has 4 rings (SSSR count). The van der Waals surface area contributed by atoms with E-state index in [0.717, 1.165) is 0 Å². The molecule has 0 saturated carbocycles. The number of ether oxygens (including phenoxy) is 4. The Balaban J connectivity index is 1.83. The number of amides is 1. The molecule has 0 radical (unpaired) electrons. The number of hydrogen-bond acceptors (Lipinski definition) is 8. The Kier molecular flexibility index (Phi) is 4.63. The highest BCUT2D eigenvalue weighted by atomic mass is 32.2. The predicted molar refractivity (Wildman–Crippen MR) is 101 cm³/mol. The Morgan fingerprint density at radius 2 is 1.93 bits per heavy atom. The van der Waals surface area contributed by atoms with Gasteiger partial charge in [-0.25, -0.2) is 0 Å². The van der Waals surface area contributed by atoms with E-state index in [0.29, 0.717) is 34.2 Å². The summed E-state index contributed by atoms with van der Waals surface area (Å²) < 4.78 is 21.3. The van der Waals surface area contributed by atoms with Gasteiger partial charge in [-0.2, -0.15) is 0 Å². The summed E-state index contributed by atoms with van der Waals surface area (Å²) in [6.45, 7) is 0.00268. The first-order valence-electron chi connectivity index (χ1n) is 8.27. The van der Waals surface area contributed by atoms with Crippen LogP contribution in [-0.4, -0.2) is 37.6 Å². The summed E-state index contributed by atoms with van der Waals surface area (Å²) in [5.41, 5.74) is 0.743. The molecule has 2 aromatic carbocycles. The second kappa shape index (κ2) is 7.12. The standard InChI is InChI=1S/C18H16N2O7S/c1-24-10-3-4-12(14(5-10)25-2)19-17(21)8-28-18(19)11-6-15-16(27-9-26-15)7-13(11)20(22)23/h3-7,18H,8-9H2,1-2H3. The second-order valence-electron chi connectivity index (χ2n) is 5.99. The van der Waals surface area contributed by atoms with Crippen molar-refractivity contribution in [3.05, 3.63) is 46.0 Å². The molecule has 0 spiro atoms. The zero-order chi connectivity index (χ0) is 19.8. The van der Waals surface area contributed by atoms with Gasteiger partial charge < -0.3 is 18.9 Å². The lowest BCUT2D eigenvalue weighted by molar-refractivity contribution is -0.385. The van der Waals surface area contributed by atoms with Crippen LogP contribution in [0.4, 0.5) is 11.4 Å². The summed E-state index contributed by atoms with van der Waals surface area (Å²) in [4.78, 5) is 25.4. The van der Waals surface area contributed by atoms with Crippen molar-refractivity contribution >= 4 is 29.0 Å². The van der Waals surface area contributed by atoms with E-state index in [-0.39, 0.29) is 24.1 Å². The number of nitro benzene ring substituents is 1. The number of fused-ring (bicyclic) bond motifs is 1. The van der Waals surface area contributed by atoms with Crippen molar-refractivity contribution in [2.24, 2.45) is 0 Å². The molecule has 9 nitrogen and oxygen atoms in total. The number of methoxy groups -OCH3 is 2. The van der Waals surface area contributed by atoms with Gasteiger partial charge in [0, 0.05) is 6.07 Å². The molecule has 1 amide bonds. The van der Waals surface area contributed by atoms with Gasteiger partial charge in [-0.1, -0.05) is 0 Å². The average molecular weight is 404 g/mol. The summed E-state index contributed by atoms with van der Waals surface area (Å²) >= 11 is 1.30. The monoisotopic (exact) mass is 404 g/mol. The maximum Gasteiger partial charge on any atom is 0.279 e. The molecule has 2 aromatic rings. The zero-order valence-electron chi connectivity index (χ0n) is 15.0. The highest BCUT2D eigenvalue weighted by molar-refractivity contribution is 8.00. The molecule has 0 aliphatic carbocycles. The van der Waals surface area contributed by atoms with Crippen LogP contribution in [0.5, 0.6) is 23.0 Å². The van der Waals surface area contributed by atoms with Gasteiger partial charge in [-0.3, -0.25) is 19.8 Å². The van der Waals surface area contributed by atoms with Crippen molar-refractivity contribution in [2.45, 2.75) is 5.37 Å². The van der Waals surface area contributed by atoms with E-state index < -0.39 is 10.3 Å². The molecule has 1 saturated heterocycles. The van der Waals surface area contributed by atoms with Gasteiger partial charge >= 0.3 is 0 Å². The topological polar surface area (TPSA) is 100 Å². The normalized spacial score (nSPS) is 17.7. The lowest BCUT2D eigenvalue weighted by Gasteiger charge is -2.26. The molecule has 28 heavy (non-hydrogen) atoms. The lowest BCUT2D eigenvalue weighted by atomic mass is 10.1.